The lowest BCUT2D eigenvalue weighted by Gasteiger charge is -2.18. The first-order valence-corrected chi connectivity index (χ1v) is 13.5. The van der Waals surface area contributed by atoms with Gasteiger partial charge in [0.2, 0.25) is 11.8 Å². The summed E-state index contributed by atoms with van der Waals surface area (Å²) in [6.45, 7) is 10.6. The first-order chi connectivity index (χ1) is 15.9. The van der Waals surface area contributed by atoms with Crippen molar-refractivity contribution in [2.45, 2.75) is 69.4 Å². The molecule has 0 saturated heterocycles. The maximum atomic E-state index is 12.8. The van der Waals surface area contributed by atoms with E-state index >= 15 is 0 Å². The van der Waals surface area contributed by atoms with Crippen molar-refractivity contribution in [1.29, 1.82) is 0 Å². The summed E-state index contributed by atoms with van der Waals surface area (Å²) in [5.74, 6) is -0.281. The van der Waals surface area contributed by atoms with Crippen molar-refractivity contribution < 1.29 is 14.4 Å². The Morgan fingerprint density at radius 2 is 1.70 bits per heavy atom. The Morgan fingerprint density at radius 1 is 1.03 bits per heavy atom. The van der Waals surface area contributed by atoms with E-state index in [2.05, 4.69) is 29.5 Å². The van der Waals surface area contributed by atoms with Gasteiger partial charge < -0.3 is 15.5 Å². The quantitative estimate of drug-likeness (QED) is 0.300. The number of carbonyl (C=O) groups is 3. The first-order valence-electron chi connectivity index (χ1n) is 11.8. The molecule has 2 aromatic rings. The molecular formula is C24H36N4O3S2. The second kappa shape index (κ2) is 14.2. The average molecular weight is 493 g/mol. The summed E-state index contributed by atoms with van der Waals surface area (Å²) >= 11 is 2.79. The first kappa shape index (κ1) is 27.1. The van der Waals surface area contributed by atoms with Crippen molar-refractivity contribution in [3.8, 4) is 0 Å². The van der Waals surface area contributed by atoms with E-state index in [1.54, 1.807) is 4.90 Å². The highest BCUT2D eigenvalue weighted by Crippen LogP contribution is 2.34. The number of amides is 3. The van der Waals surface area contributed by atoms with Crippen LogP contribution in [0.5, 0.6) is 0 Å². The van der Waals surface area contributed by atoms with Crippen molar-refractivity contribution in [1.82, 2.24) is 20.5 Å². The number of carbonyl (C=O) groups excluding carboxylic acids is 3. The minimum atomic E-state index is -0.555. The van der Waals surface area contributed by atoms with Crippen molar-refractivity contribution in [2.75, 3.05) is 26.2 Å². The highest BCUT2D eigenvalue weighted by molar-refractivity contribution is 8.02. The lowest BCUT2D eigenvalue weighted by molar-refractivity contribution is -0.125. The van der Waals surface area contributed by atoms with Gasteiger partial charge in [0, 0.05) is 38.2 Å². The Bertz CT molecular complexity index is 928. The molecule has 1 aromatic carbocycles. The molecule has 0 aliphatic carbocycles. The molecule has 0 aliphatic rings. The third kappa shape index (κ3) is 8.30. The predicted molar refractivity (Wildman–Crippen MR) is 137 cm³/mol. The maximum absolute atomic E-state index is 12.8. The fourth-order valence-corrected chi connectivity index (χ4v) is 5.55. The molecule has 0 saturated carbocycles. The molecule has 3 amide bonds. The second-order valence-corrected chi connectivity index (χ2v) is 10.3. The molecule has 2 N–H and O–H groups in total. The van der Waals surface area contributed by atoms with Crippen LogP contribution in [0.25, 0.3) is 10.2 Å². The van der Waals surface area contributed by atoms with Gasteiger partial charge in [0.25, 0.3) is 5.91 Å². The largest absolute Gasteiger partial charge is 0.356 e. The normalized spacial score (nSPS) is 11.9. The molecule has 2 rings (SSSR count). The predicted octanol–water partition coefficient (Wildman–Crippen LogP) is 4.46. The number of nitrogens with one attached hydrogen (secondary N) is 2. The zero-order valence-corrected chi connectivity index (χ0v) is 21.7. The molecule has 0 aliphatic heterocycles. The number of unbranched alkanes of at least 4 members (excludes halogenated alkanes) is 2. The van der Waals surface area contributed by atoms with Gasteiger partial charge in [-0.25, -0.2) is 4.98 Å². The summed E-state index contributed by atoms with van der Waals surface area (Å²) in [6.07, 6.45) is 3.91. The van der Waals surface area contributed by atoms with Crippen LogP contribution in [0.3, 0.4) is 0 Å². The molecule has 0 radical (unpaired) electrons. The molecule has 1 aromatic heterocycles. The van der Waals surface area contributed by atoms with E-state index in [0.717, 1.165) is 40.2 Å². The van der Waals surface area contributed by atoms with E-state index in [4.69, 9.17) is 0 Å². The molecule has 9 heteroatoms. The minimum absolute atomic E-state index is 0.0129. The average Bonchev–Trinajstić information content (AvgIpc) is 3.21. The van der Waals surface area contributed by atoms with Crippen molar-refractivity contribution in [3.05, 3.63) is 23.8 Å². The molecule has 7 nitrogen and oxygen atoms in total. The fraction of sp³-hybridized carbons (Fsp3) is 0.583. The van der Waals surface area contributed by atoms with Gasteiger partial charge in [0.05, 0.1) is 15.5 Å². The van der Waals surface area contributed by atoms with Crippen molar-refractivity contribution in [2.24, 2.45) is 0 Å². The van der Waals surface area contributed by atoms with E-state index in [1.807, 2.05) is 32.0 Å². The minimum Gasteiger partial charge on any atom is -0.356 e. The highest BCUT2D eigenvalue weighted by atomic mass is 32.2. The smallest absolute Gasteiger partial charge is 0.253 e. The lowest BCUT2D eigenvalue weighted by atomic mass is 10.2. The van der Waals surface area contributed by atoms with Crippen LogP contribution in [0, 0.1) is 0 Å². The van der Waals surface area contributed by atoms with E-state index in [0.29, 0.717) is 31.7 Å². The fourth-order valence-electron chi connectivity index (χ4n) is 3.24. The number of aromatic nitrogens is 1. The summed E-state index contributed by atoms with van der Waals surface area (Å²) < 4.78 is 1.67. The number of thioether (sulfide) groups is 1. The van der Waals surface area contributed by atoms with Gasteiger partial charge in [-0.15, -0.1) is 11.3 Å². The Morgan fingerprint density at radius 3 is 2.33 bits per heavy atom. The monoisotopic (exact) mass is 492 g/mol. The van der Waals surface area contributed by atoms with Crippen LogP contribution in [0.4, 0.5) is 0 Å². The zero-order valence-electron chi connectivity index (χ0n) is 20.1. The Hall–Kier alpha value is -2.13. The molecule has 1 atom stereocenters. The van der Waals surface area contributed by atoms with Crippen LogP contribution in [0.1, 0.15) is 70.2 Å². The van der Waals surface area contributed by atoms with Gasteiger partial charge in [-0.1, -0.05) is 38.5 Å². The maximum Gasteiger partial charge on any atom is 0.253 e. The van der Waals surface area contributed by atoms with Crippen LogP contribution in [0.2, 0.25) is 0 Å². The van der Waals surface area contributed by atoms with Crippen LogP contribution in [-0.4, -0.2) is 59.0 Å². The SMILES string of the molecule is CCCCNC(=O)CC(Sc1nc2cc(C(=O)N(CC)CC)ccc2s1)C(=O)NCCCC. The lowest BCUT2D eigenvalue weighted by Crippen LogP contribution is -2.37. The second-order valence-electron chi connectivity index (χ2n) is 7.80. The van der Waals surface area contributed by atoms with Gasteiger partial charge in [-0.05, 0) is 44.9 Å². The number of hydrogen-bond acceptors (Lipinski definition) is 6. The Balaban J connectivity index is 2.17. The number of benzene rings is 1. The van der Waals surface area contributed by atoms with Gasteiger partial charge >= 0.3 is 0 Å². The number of nitrogens with zero attached hydrogens (tertiary/aromatic N) is 2. The topological polar surface area (TPSA) is 91.4 Å². The third-order valence-corrected chi connectivity index (χ3v) is 7.58. The number of rotatable bonds is 14. The van der Waals surface area contributed by atoms with Gasteiger partial charge in [-0.3, -0.25) is 14.4 Å². The molecule has 182 valence electrons. The zero-order chi connectivity index (χ0) is 24.2. The van der Waals surface area contributed by atoms with E-state index in [1.165, 1.54) is 23.1 Å². The summed E-state index contributed by atoms with van der Waals surface area (Å²) in [7, 11) is 0. The van der Waals surface area contributed by atoms with Gasteiger partial charge in [-0.2, -0.15) is 0 Å². The van der Waals surface area contributed by atoms with Crippen LogP contribution in [-0.2, 0) is 9.59 Å². The van der Waals surface area contributed by atoms with E-state index in [9.17, 15) is 14.4 Å². The van der Waals surface area contributed by atoms with E-state index in [-0.39, 0.29) is 24.1 Å². The number of fused-ring (bicyclic) bond motifs is 1. The van der Waals surface area contributed by atoms with E-state index < -0.39 is 5.25 Å². The number of thiazole rings is 1. The van der Waals surface area contributed by atoms with Gasteiger partial charge in [0.15, 0.2) is 4.34 Å². The Kier molecular flexibility index (Phi) is 11.7. The van der Waals surface area contributed by atoms with Crippen LogP contribution >= 0.6 is 23.1 Å². The van der Waals surface area contributed by atoms with Crippen LogP contribution < -0.4 is 10.6 Å². The molecule has 0 spiro atoms. The summed E-state index contributed by atoms with van der Waals surface area (Å²) in [4.78, 5) is 44.3. The molecule has 33 heavy (non-hydrogen) atoms. The summed E-state index contributed by atoms with van der Waals surface area (Å²) in [6, 6.07) is 5.54. The molecular weight excluding hydrogens is 456 g/mol. The van der Waals surface area contributed by atoms with Gasteiger partial charge in [0.1, 0.15) is 0 Å². The van der Waals surface area contributed by atoms with Crippen molar-refractivity contribution >= 4 is 51.0 Å². The Labute approximate surface area is 205 Å². The highest BCUT2D eigenvalue weighted by Gasteiger charge is 2.25. The van der Waals surface area contributed by atoms with Crippen molar-refractivity contribution in [3.63, 3.8) is 0 Å². The number of hydrogen-bond donors (Lipinski definition) is 2. The summed E-state index contributed by atoms with van der Waals surface area (Å²) in [5.41, 5.74) is 1.34. The summed E-state index contributed by atoms with van der Waals surface area (Å²) in [5, 5.41) is 5.29. The van der Waals surface area contributed by atoms with Crippen LogP contribution in [0.15, 0.2) is 22.5 Å². The standard InChI is InChI=1S/C24H36N4O3S2/c1-5-9-13-25-21(29)16-20(22(30)26-14-10-6-2)33-24-27-18-15-17(11-12-19(18)32-24)23(31)28(7-3)8-4/h11-12,15,20H,5-10,13-14,16H2,1-4H3,(H,25,29)(H,26,30). The molecule has 1 heterocycles. The molecule has 1 unspecified atom stereocenters. The third-order valence-electron chi connectivity index (χ3n) is 5.25. The molecule has 0 bridgehead atoms. The molecule has 0 fully saturated rings.